The number of aromatic hydroxyl groups is 1. The van der Waals surface area contributed by atoms with Crippen LogP contribution in [-0.2, 0) is 4.79 Å². The number of aromatic nitrogens is 2. The van der Waals surface area contributed by atoms with E-state index in [0.717, 1.165) is 11.8 Å². The molecule has 3 N–H and O–H groups in total. The minimum atomic E-state index is -0.422. The van der Waals surface area contributed by atoms with E-state index >= 15 is 0 Å². The first-order valence-electron chi connectivity index (χ1n) is 6.88. The fourth-order valence-corrected chi connectivity index (χ4v) is 2.56. The highest BCUT2D eigenvalue weighted by molar-refractivity contribution is 7.99. The van der Waals surface area contributed by atoms with Crippen LogP contribution in [0.3, 0.4) is 0 Å². The summed E-state index contributed by atoms with van der Waals surface area (Å²) in [5, 5.41) is 12.5. The first-order valence-corrected chi connectivity index (χ1v) is 7.86. The molecule has 1 heterocycles. The lowest BCUT2D eigenvalue weighted by Gasteiger charge is -2.08. The summed E-state index contributed by atoms with van der Waals surface area (Å²) in [5.74, 6) is -1.23. The minimum Gasteiger partial charge on any atom is -0.493 e. The van der Waals surface area contributed by atoms with Crippen LogP contribution in [0.15, 0.2) is 34.2 Å². The molecule has 6 nitrogen and oxygen atoms in total. The Morgan fingerprint density at radius 3 is 2.61 bits per heavy atom. The van der Waals surface area contributed by atoms with Gasteiger partial charge >= 0.3 is 0 Å². The zero-order valence-electron chi connectivity index (χ0n) is 12.6. The van der Waals surface area contributed by atoms with Gasteiger partial charge in [-0.15, -0.1) is 0 Å². The van der Waals surface area contributed by atoms with Crippen molar-refractivity contribution >= 4 is 23.4 Å². The molecule has 2 rings (SSSR count). The molecule has 8 heteroatoms. The van der Waals surface area contributed by atoms with Crippen molar-refractivity contribution in [1.82, 2.24) is 9.97 Å². The molecule has 1 amide bonds. The highest BCUT2D eigenvalue weighted by Crippen LogP contribution is 2.22. The average molecular weight is 337 g/mol. The van der Waals surface area contributed by atoms with E-state index in [9.17, 15) is 19.1 Å². The number of hydrogen-bond donors (Lipinski definition) is 3. The first-order chi connectivity index (χ1) is 10.9. The largest absolute Gasteiger partial charge is 0.493 e. The molecule has 0 spiro atoms. The summed E-state index contributed by atoms with van der Waals surface area (Å²) >= 11 is 0.987. The number of anilines is 1. The van der Waals surface area contributed by atoms with E-state index < -0.39 is 5.56 Å². The molecule has 0 aliphatic carbocycles. The van der Waals surface area contributed by atoms with Gasteiger partial charge in [0.25, 0.3) is 5.56 Å². The van der Waals surface area contributed by atoms with Crippen LogP contribution in [0.1, 0.15) is 25.3 Å². The molecule has 0 saturated heterocycles. The lowest BCUT2D eigenvalue weighted by atomic mass is 10.1. The third kappa shape index (κ3) is 4.56. The van der Waals surface area contributed by atoms with Crippen molar-refractivity contribution in [2.24, 2.45) is 0 Å². The molecule has 1 aromatic carbocycles. The van der Waals surface area contributed by atoms with Gasteiger partial charge in [0, 0.05) is 5.69 Å². The quantitative estimate of drug-likeness (QED) is 0.575. The summed E-state index contributed by atoms with van der Waals surface area (Å²) < 4.78 is 12.8. The second-order valence-electron chi connectivity index (χ2n) is 5.11. The monoisotopic (exact) mass is 337 g/mol. The van der Waals surface area contributed by atoms with Crippen molar-refractivity contribution in [2.75, 3.05) is 11.1 Å². The van der Waals surface area contributed by atoms with Gasteiger partial charge in [0.05, 0.1) is 11.3 Å². The van der Waals surface area contributed by atoms with Gasteiger partial charge in [-0.05, 0) is 30.2 Å². The van der Waals surface area contributed by atoms with Crippen LogP contribution in [0.2, 0.25) is 0 Å². The van der Waals surface area contributed by atoms with E-state index in [1.807, 2.05) is 0 Å². The van der Waals surface area contributed by atoms with Crippen molar-refractivity contribution in [3.05, 3.63) is 46.0 Å². The molecule has 0 aliphatic heterocycles. The maximum Gasteiger partial charge on any atom is 0.258 e. The number of nitrogens with one attached hydrogen (secondary N) is 2. The maximum absolute atomic E-state index is 12.8. The topological polar surface area (TPSA) is 95.1 Å². The van der Waals surface area contributed by atoms with Crippen LogP contribution in [0.4, 0.5) is 10.1 Å². The SMILES string of the molecule is CC(C)c1c(O)nc(SCC(=O)Nc2ccc(F)cc2)[nH]c1=O. The van der Waals surface area contributed by atoms with Gasteiger partial charge in [0.1, 0.15) is 5.82 Å². The lowest BCUT2D eigenvalue weighted by Crippen LogP contribution is -2.18. The summed E-state index contributed by atoms with van der Waals surface area (Å²) in [6, 6.07) is 5.37. The lowest BCUT2D eigenvalue weighted by molar-refractivity contribution is -0.113. The molecular formula is C15H16FN3O3S. The molecule has 0 bridgehead atoms. The van der Waals surface area contributed by atoms with E-state index in [-0.39, 0.29) is 40.0 Å². The van der Waals surface area contributed by atoms with Crippen molar-refractivity contribution in [2.45, 2.75) is 24.9 Å². The van der Waals surface area contributed by atoms with Crippen LogP contribution < -0.4 is 10.9 Å². The molecule has 0 fully saturated rings. The van der Waals surface area contributed by atoms with Crippen molar-refractivity contribution in [1.29, 1.82) is 0 Å². The van der Waals surface area contributed by atoms with Crippen LogP contribution in [-0.4, -0.2) is 26.7 Å². The van der Waals surface area contributed by atoms with E-state index in [2.05, 4.69) is 15.3 Å². The zero-order chi connectivity index (χ0) is 17.0. The van der Waals surface area contributed by atoms with Gasteiger partial charge in [0.2, 0.25) is 11.8 Å². The van der Waals surface area contributed by atoms with E-state index in [1.54, 1.807) is 13.8 Å². The fraction of sp³-hybridized carbons (Fsp3) is 0.267. The molecule has 0 aliphatic rings. The smallest absolute Gasteiger partial charge is 0.258 e. The summed E-state index contributed by atoms with van der Waals surface area (Å²) in [6.45, 7) is 3.55. The Hall–Kier alpha value is -2.35. The molecular weight excluding hydrogens is 321 g/mol. The van der Waals surface area contributed by atoms with Crippen molar-refractivity contribution in [3.63, 3.8) is 0 Å². The highest BCUT2D eigenvalue weighted by atomic mass is 32.2. The minimum absolute atomic E-state index is 0.0131. The Balaban J connectivity index is 1.99. The third-order valence-electron chi connectivity index (χ3n) is 2.96. The normalized spacial score (nSPS) is 10.8. The first kappa shape index (κ1) is 17.0. The number of thioether (sulfide) groups is 1. The van der Waals surface area contributed by atoms with Crippen LogP contribution >= 0.6 is 11.8 Å². The van der Waals surface area contributed by atoms with Gasteiger partial charge in [-0.25, -0.2) is 4.39 Å². The zero-order valence-corrected chi connectivity index (χ0v) is 13.4. The number of amides is 1. The van der Waals surface area contributed by atoms with Crippen LogP contribution in [0, 0.1) is 5.82 Å². The Morgan fingerprint density at radius 1 is 1.39 bits per heavy atom. The predicted molar refractivity (Wildman–Crippen MR) is 86.4 cm³/mol. The number of rotatable bonds is 5. The summed E-state index contributed by atoms with van der Waals surface area (Å²) in [4.78, 5) is 30.1. The Bertz CT molecular complexity index is 760. The average Bonchev–Trinajstić information content (AvgIpc) is 2.46. The number of aromatic amines is 1. The summed E-state index contributed by atoms with van der Waals surface area (Å²) in [5.41, 5.74) is 0.260. The molecule has 0 radical (unpaired) electrons. The standard InChI is InChI=1S/C15H16FN3O3S/c1-8(2)12-13(21)18-15(19-14(12)22)23-7-11(20)17-10-5-3-9(16)4-6-10/h3-6,8H,7H2,1-2H3,(H,17,20)(H2,18,19,21,22). The number of nitrogens with zero attached hydrogens (tertiary/aromatic N) is 1. The molecule has 0 unspecified atom stereocenters. The number of carbonyl (C=O) groups excluding carboxylic acids is 1. The summed E-state index contributed by atoms with van der Waals surface area (Å²) in [6.07, 6.45) is 0. The Kier molecular flexibility index (Phi) is 5.38. The third-order valence-corrected chi connectivity index (χ3v) is 3.83. The molecule has 23 heavy (non-hydrogen) atoms. The predicted octanol–water partition coefficient (Wildman–Crippen LogP) is 2.47. The van der Waals surface area contributed by atoms with Gasteiger partial charge in [0.15, 0.2) is 5.16 Å². The van der Waals surface area contributed by atoms with Gasteiger partial charge in [-0.1, -0.05) is 25.6 Å². The van der Waals surface area contributed by atoms with E-state index in [0.29, 0.717) is 5.69 Å². The van der Waals surface area contributed by atoms with Crippen LogP contribution in [0.5, 0.6) is 5.88 Å². The molecule has 1 aromatic heterocycles. The van der Waals surface area contributed by atoms with Crippen molar-refractivity contribution < 1.29 is 14.3 Å². The van der Waals surface area contributed by atoms with Crippen molar-refractivity contribution in [3.8, 4) is 5.88 Å². The highest BCUT2D eigenvalue weighted by Gasteiger charge is 2.15. The Morgan fingerprint density at radius 2 is 2.04 bits per heavy atom. The molecule has 122 valence electrons. The summed E-state index contributed by atoms with van der Waals surface area (Å²) in [7, 11) is 0. The second-order valence-corrected chi connectivity index (χ2v) is 6.07. The second kappa shape index (κ2) is 7.28. The number of halogens is 1. The van der Waals surface area contributed by atoms with Gasteiger partial charge in [-0.2, -0.15) is 4.98 Å². The molecule has 2 aromatic rings. The van der Waals surface area contributed by atoms with E-state index in [4.69, 9.17) is 0 Å². The maximum atomic E-state index is 12.8. The Labute approximate surface area is 136 Å². The fourth-order valence-electron chi connectivity index (χ4n) is 1.90. The number of H-pyrrole nitrogens is 1. The van der Waals surface area contributed by atoms with Gasteiger partial charge < -0.3 is 15.4 Å². The number of hydrogen-bond acceptors (Lipinski definition) is 5. The van der Waals surface area contributed by atoms with Gasteiger partial charge in [-0.3, -0.25) is 9.59 Å². The van der Waals surface area contributed by atoms with Crippen LogP contribution in [0.25, 0.3) is 0 Å². The van der Waals surface area contributed by atoms with E-state index in [1.165, 1.54) is 24.3 Å². The molecule has 0 atom stereocenters. The number of benzene rings is 1. The number of carbonyl (C=O) groups is 1. The molecule has 0 saturated carbocycles.